The van der Waals surface area contributed by atoms with Crippen LogP contribution in [0.15, 0.2) is 30.3 Å². The maximum absolute atomic E-state index is 9.76. The summed E-state index contributed by atoms with van der Waals surface area (Å²) in [5.41, 5.74) is 0. The van der Waals surface area contributed by atoms with Crippen molar-refractivity contribution in [3.63, 3.8) is 0 Å². The molecule has 0 amide bonds. The number of hydrogen-bond donors (Lipinski definition) is 4. The molecule has 5 atom stereocenters. The number of aliphatic hydroxyl groups is 4. The van der Waals surface area contributed by atoms with Gasteiger partial charge in [-0.2, -0.15) is 0 Å². The fourth-order valence-electron chi connectivity index (χ4n) is 2.05. The highest BCUT2D eigenvalue weighted by atomic mass is 16.7. The van der Waals surface area contributed by atoms with Crippen LogP contribution in [0.4, 0.5) is 0 Å². The minimum atomic E-state index is -1.43. The molecule has 0 unspecified atom stereocenters. The Morgan fingerprint density at radius 2 is 1.67 bits per heavy atom. The normalized spacial score (nSPS) is 32.9. The van der Waals surface area contributed by atoms with E-state index in [1.165, 1.54) is 0 Å². The average Bonchev–Trinajstić information content (AvgIpc) is 2.52. The second-order valence-corrected chi connectivity index (χ2v) is 4.73. The minimum absolute atomic E-state index is 0.123. The Morgan fingerprint density at radius 1 is 0.952 bits per heavy atom. The molecular formula is C14H20O7. The third-order valence-corrected chi connectivity index (χ3v) is 3.23. The molecule has 1 saturated heterocycles. The molecular weight excluding hydrogens is 280 g/mol. The second kappa shape index (κ2) is 7.69. The first-order chi connectivity index (χ1) is 10.1. The maximum Gasteiger partial charge on any atom is 0.186 e. The smallest absolute Gasteiger partial charge is 0.186 e. The molecule has 0 aromatic heterocycles. The van der Waals surface area contributed by atoms with E-state index in [1.807, 2.05) is 18.2 Å². The van der Waals surface area contributed by atoms with Gasteiger partial charge >= 0.3 is 0 Å². The van der Waals surface area contributed by atoms with Crippen molar-refractivity contribution in [2.24, 2.45) is 0 Å². The van der Waals surface area contributed by atoms with Gasteiger partial charge in [0.15, 0.2) is 6.29 Å². The van der Waals surface area contributed by atoms with Crippen LogP contribution >= 0.6 is 0 Å². The van der Waals surface area contributed by atoms with Crippen molar-refractivity contribution < 1.29 is 34.6 Å². The molecule has 1 aliphatic rings. The summed E-state index contributed by atoms with van der Waals surface area (Å²) in [6, 6.07) is 9.15. The predicted molar refractivity (Wildman–Crippen MR) is 71.7 cm³/mol. The van der Waals surface area contributed by atoms with Gasteiger partial charge in [0, 0.05) is 0 Å². The molecule has 0 radical (unpaired) electrons. The van der Waals surface area contributed by atoms with Gasteiger partial charge in [-0.25, -0.2) is 0 Å². The molecule has 21 heavy (non-hydrogen) atoms. The average molecular weight is 300 g/mol. The molecule has 1 aromatic rings. The lowest BCUT2D eigenvalue weighted by Crippen LogP contribution is -2.59. The van der Waals surface area contributed by atoms with E-state index in [2.05, 4.69) is 0 Å². The largest absolute Gasteiger partial charge is 0.491 e. The highest BCUT2D eigenvalue weighted by Crippen LogP contribution is 2.21. The van der Waals surface area contributed by atoms with Gasteiger partial charge in [0.2, 0.25) is 0 Å². The summed E-state index contributed by atoms with van der Waals surface area (Å²) in [6.07, 6.45) is -6.30. The Bertz CT molecular complexity index is 411. The highest BCUT2D eigenvalue weighted by Gasteiger charge is 2.43. The molecule has 118 valence electrons. The number of hydrogen-bond acceptors (Lipinski definition) is 7. The van der Waals surface area contributed by atoms with Crippen LogP contribution in [0.25, 0.3) is 0 Å². The summed E-state index contributed by atoms with van der Waals surface area (Å²) in [4.78, 5) is 0. The van der Waals surface area contributed by atoms with Crippen LogP contribution in [0, 0.1) is 0 Å². The van der Waals surface area contributed by atoms with E-state index < -0.39 is 37.3 Å². The van der Waals surface area contributed by atoms with Crippen LogP contribution in [0.2, 0.25) is 0 Å². The lowest BCUT2D eigenvalue weighted by molar-refractivity contribution is -0.301. The Morgan fingerprint density at radius 3 is 2.33 bits per heavy atom. The summed E-state index contributed by atoms with van der Waals surface area (Å²) in [7, 11) is 0. The third kappa shape index (κ3) is 4.13. The first kappa shape index (κ1) is 16.2. The van der Waals surface area contributed by atoms with Gasteiger partial charge in [0.1, 0.15) is 36.8 Å². The summed E-state index contributed by atoms with van der Waals surface area (Å²) < 4.78 is 15.9. The van der Waals surface area contributed by atoms with Crippen molar-refractivity contribution in [3.05, 3.63) is 30.3 Å². The third-order valence-electron chi connectivity index (χ3n) is 3.23. The fraction of sp³-hybridized carbons (Fsp3) is 0.571. The zero-order chi connectivity index (χ0) is 15.2. The molecule has 0 aliphatic carbocycles. The Labute approximate surface area is 122 Å². The van der Waals surface area contributed by atoms with Crippen molar-refractivity contribution in [2.75, 3.05) is 19.8 Å². The number of aliphatic hydroxyl groups excluding tert-OH is 4. The molecule has 0 bridgehead atoms. The van der Waals surface area contributed by atoms with Crippen molar-refractivity contribution in [2.45, 2.75) is 30.7 Å². The van der Waals surface area contributed by atoms with Crippen LogP contribution < -0.4 is 4.74 Å². The number of para-hydroxylation sites is 1. The van der Waals surface area contributed by atoms with E-state index in [0.717, 1.165) is 0 Å². The van der Waals surface area contributed by atoms with Gasteiger partial charge in [-0.05, 0) is 12.1 Å². The molecule has 7 nitrogen and oxygen atoms in total. The minimum Gasteiger partial charge on any atom is -0.491 e. The molecule has 1 fully saturated rings. The molecule has 1 aliphatic heterocycles. The summed E-state index contributed by atoms with van der Waals surface area (Å²) in [5.74, 6) is 0.690. The van der Waals surface area contributed by atoms with Gasteiger partial charge in [0.05, 0.1) is 13.2 Å². The van der Waals surface area contributed by atoms with E-state index in [1.54, 1.807) is 12.1 Å². The molecule has 7 heteroatoms. The van der Waals surface area contributed by atoms with Crippen LogP contribution in [-0.2, 0) is 9.47 Å². The summed E-state index contributed by atoms with van der Waals surface area (Å²) >= 11 is 0. The van der Waals surface area contributed by atoms with E-state index in [0.29, 0.717) is 5.75 Å². The molecule has 1 heterocycles. The van der Waals surface area contributed by atoms with Crippen molar-refractivity contribution in [3.8, 4) is 5.75 Å². The monoisotopic (exact) mass is 300 g/mol. The Hall–Kier alpha value is -1.22. The molecule has 1 aromatic carbocycles. The standard InChI is InChI=1S/C14H20O7/c15-8-10-11(16)12(17)13(18)14(21-10)20-7-6-19-9-4-2-1-3-5-9/h1-5,10-18H,6-8H2/t10-,11+,12+,13-,14-/m1/s1. The lowest BCUT2D eigenvalue weighted by atomic mass is 9.99. The van der Waals surface area contributed by atoms with E-state index in [-0.39, 0.29) is 13.2 Å². The van der Waals surface area contributed by atoms with Gasteiger partial charge in [-0.15, -0.1) is 0 Å². The van der Waals surface area contributed by atoms with Crippen LogP contribution in [0.1, 0.15) is 0 Å². The van der Waals surface area contributed by atoms with Gasteiger partial charge < -0.3 is 34.6 Å². The number of rotatable bonds is 6. The van der Waals surface area contributed by atoms with Crippen LogP contribution in [0.5, 0.6) is 5.75 Å². The van der Waals surface area contributed by atoms with Crippen LogP contribution in [-0.4, -0.2) is 71.0 Å². The topological polar surface area (TPSA) is 109 Å². The van der Waals surface area contributed by atoms with E-state index >= 15 is 0 Å². The van der Waals surface area contributed by atoms with E-state index in [4.69, 9.17) is 19.3 Å². The highest BCUT2D eigenvalue weighted by molar-refractivity contribution is 5.20. The Kier molecular flexibility index (Phi) is 5.92. The lowest BCUT2D eigenvalue weighted by Gasteiger charge is -2.39. The van der Waals surface area contributed by atoms with Crippen molar-refractivity contribution >= 4 is 0 Å². The second-order valence-electron chi connectivity index (χ2n) is 4.73. The molecule has 0 spiro atoms. The zero-order valence-electron chi connectivity index (χ0n) is 11.4. The van der Waals surface area contributed by atoms with Crippen molar-refractivity contribution in [1.82, 2.24) is 0 Å². The molecule has 0 saturated carbocycles. The number of benzene rings is 1. The predicted octanol–water partition coefficient (Wildman–Crippen LogP) is -1.12. The summed E-state index contributed by atoms with van der Waals surface area (Å²) in [6.45, 7) is -0.123. The quantitative estimate of drug-likeness (QED) is 0.493. The fourth-order valence-corrected chi connectivity index (χ4v) is 2.05. The maximum atomic E-state index is 9.76. The van der Waals surface area contributed by atoms with Crippen LogP contribution in [0.3, 0.4) is 0 Å². The molecule has 4 N–H and O–H groups in total. The van der Waals surface area contributed by atoms with Gasteiger partial charge in [0.25, 0.3) is 0 Å². The van der Waals surface area contributed by atoms with Crippen molar-refractivity contribution in [1.29, 1.82) is 0 Å². The van der Waals surface area contributed by atoms with Gasteiger partial charge in [-0.3, -0.25) is 0 Å². The number of ether oxygens (including phenoxy) is 3. The zero-order valence-corrected chi connectivity index (χ0v) is 11.4. The summed E-state index contributed by atoms with van der Waals surface area (Å²) in [5, 5.41) is 38.0. The SMILES string of the molecule is OC[C@H]1O[C@@H](OCCOc2ccccc2)[C@H](O)[C@@H](O)[C@H]1O. The first-order valence-electron chi connectivity index (χ1n) is 6.73. The first-order valence-corrected chi connectivity index (χ1v) is 6.73. The van der Waals surface area contributed by atoms with E-state index in [9.17, 15) is 15.3 Å². The molecule has 2 rings (SSSR count). The van der Waals surface area contributed by atoms with Gasteiger partial charge in [-0.1, -0.05) is 18.2 Å². The Balaban J connectivity index is 1.77.